The largest absolute Gasteiger partial charge is 0.351 e. The van der Waals surface area contributed by atoms with Crippen molar-refractivity contribution < 1.29 is 4.79 Å². The van der Waals surface area contributed by atoms with Crippen LogP contribution in [0.3, 0.4) is 0 Å². The molecule has 1 aromatic rings. The van der Waals surface area contributed by atoms with Crippen LogP contribution in [-0.4, -0.2) is 12.5 Å². The molecule has 0 aliphatic carbocycles. The van der Waals surface area contributed by atoms with E-state index >= 15 is 0 Å². The monoisotopic (exact) mass is 259 g/mol. The Labute approximate surface area is 116 Å². The first-order chi connectivity index (χ1) is 8.79. The first-order valence-electron chi connectivity index (χ1n) is 7.21. The lowest BCUT2D eigenvalue weighted by atomic mass is 9.80. The minimum absolute atomic E-state index is 0.0836. The highest BCUT2D eigenvalue weighted by atomic mass is 16.1. The van der Waals surface area contributed by atoms with Gasteiger partial charge < -0.3 is 5.32 Å². The summed E-state index contributed by atoms with van der Waals surface area (Å²) in [5, 5.41) is 3.03. The number of fused-ring (bicyclic) bond motifs is 1. The zero-order chi connectivity index (χ0) is 14.2. The second-order valence-corrected chi connectivity index (χ2v) is 7.09. The molecule has 0 saturated heterocycles. The number of rotatable bonds is 2. The van der Waals surface area contributed by atoms with Crippen LogP contribution in [-0.2, 0) is 5.41 Å². The first kappa shape index (κ1) is 14.1. The van der Waals surface area contributed by atoms with E-state index in [0.717, 1.165) is 18.5 Å². The van der Waals surface area contributed by atoms with Gasteiger partial charge in [-0.3, -0.25) is 4.79 Å². The Kier molecular flexibility index (Phi) is 3.71. The molecular formula is C17H25NO. The molecule has 0 saturated carbocycles. The number of nitrogens with one attached hydrogen (secondary N) is 1. The highest BCUT2D eigenvalue weighted by molar-refractivity contribution is 5.97. The van der Waals surface area contributed by atoms with E-state index in [1.54, 1.807) is 0 Å². The van der Waals surface area contributed by atoms with Crippen LogP contribution in [0.2, 0.25) is 0 Å². The lowest BCUT2D eigenvalue weighted by Gasteiger charge is -2.29. The third-order valence-electron chi connectivity index (χ3n) is 3.87. The highest BCUT2D eigenvalue weighted by Crippen LogP contribution is 2.32. The second kappa shape index (κ2) is 4.99. The Balaban J connectivity index is 2.41. The molecule has 1 atom stereocenters. The zero-order valence-corrected chi connectivity index (χ0v) is 12.7. The van der Waals surface area contributed by atoms with Gasteiger partial charge in [-0.05, 0) is 34.9 Å². The summed E-state index contributed by atoms with van der Waals surface area (Å²) in [5.74, 6) is 1.19. The van der Waals surface area contributed by atoms with E-state index in [1.807, 2.05) is 0 Å². The summed E-state index contributed by atoms with van der Waals surface area (Å²) >= 11 is 0. The van der Waals surface area contributed by atoms with Crippen LogP contribution in [0.15, 0.2) is 18.2 Å². The van der Waals surface area contributed by atoms with Gasteiger partial charge in [0.05, 0.1) is 0 Å². The van der Waals surface area contributed by atoms with Gasteiger partial charge in [-0.15, -0.1) is 0 Å². The van der Waals surface area contributed by atoms with Crippen LogP contribution in [0.25, 0.3) is 0 Å². The number of benzene rings is 1. The summed E-state index contributed by atoms with van der Waals surface area (Å²) in [6.07, 6.45) is 1.13. The van der Waals surface area contributed by atoms with E-state index in [-0.39, 0.29) is 11.3 Å². The van der Waals surface area contributed by atoms with E-state index in [4.69, 9.17) is 0 Å². The Bertz CT molecular complexity index is 483. The van der Waals surface area contributed by atoms with Crippen LogP contribution in [0, 0.1) is 5.92 Å². The quantitative estimate of drug-likeness (QED) is 0.858. The number of hydrogen-bond donors (Lipinski definition) is 1. The molecule has 2 nitrogen and oxygen atoms in total. The molecular weight excluding hydrogens is 234 g/mol. The summed E-state index contributed by atoms with van der Waals surface area (Å²) in [6, 6.07) is 6.43. The van der Waals surface area contributed by atoms with Gasteiger partial charge in [0.15, 0.2) is 0 Å². The fourth-order valence-electron chi connectivity index (χ4n) is 2.78. The predicted octanol–water partition coefficient (Wildman–Crippen LogP) is 3.86. The van der Waals surface area contributed by atoms with Gasteiger partial charge in [0.1, 0.15) is 0 Å². The van der Waals surface area contributed by atoms with Crippen molar-refractivity contribution in [3.05, 3.63) is 34.9 Å². The summed E-state index contributed by atoms with van der Waals surface area (Å²) in [5.41, 5.74) is 3.42. The van der Waals surface area contributed by atoms with Crippen molar-refractivity contribution >= 4 is 5.91 Å². The molecule has 19 heavy (non-hydrogen) atoms. The lowest BCUT2D eigenvalue weighted by molar-refractivity contribution is 0.0938. The van der Waals surface area contributed by atoms with E-state index < -0.39 is 0 Å². The average molecular weight is 259 g/mol. The summed E-state index contributed by atoms with van der Waals surface area (Å²) in [6.45, 7) is 11.8. The molecule has 1 N–H and O–H groups in total. The van der Waals surface area contributed by atoms with Crippen molar-refractivity contribution in [2.75, 3.05) is 6.54 Å². The Morgan fingerprint density at radius 1 is 1.32 bits per heavy atom. The zero-order valence-electron chi connectivity index (χ0n) is 12.7. The van der Waals surface area contributed by atoms with Crippen molar-refractivity contribution in [3.8, 4) is 0 Å². The molecule has 0 spiro atoms. The molecule has 1 unspecified atom stereocenters. The molecule has 0 fully saturated rings. The maximum atomic E-state index is 12.1. The minimum atomic E-state index is 0.0836. The molecule has 1 aliphatic heterocycles. The van der Waals surface area contributed by atoms with Crippen molar-refractivity contribution in [1.82, 2.24) is 5.32 Å². The fraction of sp³-hybridized carbons (Fsp3) is 0.588. The summed E-state index contributed by atoms with van der Waals surface area (Å²) in [4.78, 5) is 12.1. The molecule has 2 heteroatoms. The highest BCUT2D eigenvalue weighted by Gasteiger charge is 2.27. The van der Waals surface area contributed by atoms with Gasteiger partial charge in [-0.2, -0.15) is 0 Å². The average Bonchev–Trinajstić information content (AvgIpc) is 2.31. The van der Waals surface area contributed by atoms with E-state index in [2.05, 4.69) is 58.1 Å². The van der Waals surface area contributed by atoms with Crippen LogP contribution in [0.5, 0.6) is 0 Å². The first-order valence-corrected chi connectivity index (χ1v) is 7.21. The third kappa shape index (κ3) is 2.99. The third-order valence-corrected chi connectivity index (χ3v) is 3.87. The second-order valence-electron chi connectivity index (χ2n) is 7.09. The van der Waals surface area contributed by atoms with Crippen LogP contribution in [0.1, 0.15) is 68.4 Å². The number of amides is 1. The Morgan fingerprint density at radius 3 is 2.58 bits per heavy atom. The minimum Gasteiger partial charge on any atom is -0.351 e. The van der Waals surface area contributed by atoms with E-state index in [9.17, 15) is 4.79 Å². The molecule has 1 aromatic carbocycles. The number of hydrogen-bond acceptors (Lipinski definition) is 1. The van der Waals surface area contributed by atoms with Crippen LogP contribution in [0.4, 0.5) is 0 Å². The molecule has 1 heterocycles. The van der Waals surface area contributed by atoms with E-state index in [0.29, 0.717) is 11.8 Å². The van der Waals surface area contributed by atoms with Crippen molar-refractivity contribution in [3.63, 3.8) is 0 Å². The standard InChI is InChI=1S/C17H25NO/c1-11(2)8-12-10-18-16(19)15-9-13(17(3,4)5)6-7-14(12)15/h6-7,9,11-12H,8,10H2,1-5H3,(H,18,19). The Morgan fingerprint density at radius 2 is 2.00 bits per heavy atom. The van der Waals surface area contributed by atoms with Gasteiger partial charge in [0.2, 0.25) is 0 Å². The SMILES string of the molecule is CC(C)CC1CNC(=O)c2cc(C(C)(C)C)ccc21. The molecule has 0 bridgehead atoms. The van der Waals surface area contributed by atoms with Gasteiger partial charge in [0, 0.05) is 18.0 Å². The molecule has 0 aromatic heterocycles. The molecule has 1 amide bonds. The molecule has 2 rings (SSSR count). The summed E-state index contributed by atoms with van der Waals surface area (Å²) in [7, 11) is 0. The van der Waals surface area contributed by atoms with Crippen LogP contribution >= 0.6 is 0 Å². The smallest absolute Gasteiger partial charge is 0.251 e. The number of carbonyl (C=O) groups is 1. The van der Waals surface area contributed by atoms with Gasteiger partial charge in [-0.1, -0.05) is 46.8 Å². The molecule has 1 aliphatic rings. The van der Waals surface area contributed by atoms with Crippen molar-refractivity contribution in [2.45, 2.75) is 52.4 Å². The normalized spacial score (nSPS) is 19.3. The topological polar surface area (TPSA) is 29.1 Å². The predicted molar refractivity (Wildman–Crippen MR) is 79.7 cm³/mol. The maximum absolute atomic E-state index is 12.1. The van der Waals surface area contributed by atoms with E-state index in [1.165, 1.54) is 11.1 Å². The van der Waals surface area contributed by atoms with Crippen molar-refractivity contribution in [2.24, 2.45) is 5.92 Å². The van der Waals surface area contributed by atoms with Gasteiger partial charge >= 0.3 is 0 Å². The van der Waals surface area contributed by atoms with Gasteiger partial charge in [0.25, 0.3) is 5.91 Å². The lowest BCUT2D eigenvalue weighted by Crippen LogP contribution is -2.36. The maximum Gasteiger partial charge on any atom is 0.251 e. The van der Waals surface area contributed by atoms with Gasteiger partial charge in [-0.25, -0.2) is 0 Å². The fourth-order valence-corrected chi connectivity index (χ4v) is 2.78. The number of carbonyl (C=O) groups excluding carboxylic acids is 1. The Hall–Kier alpha value is -1.31. The summed E-state index contributed by atoms with van der Waals surface area (Å²) < 4.78 is 0. The molecule has 0 radical (unpaired) electrons. The van der Waals surface area contributed by atoms with Crippen molar-refractivity contribution in [1.29, 1.82) is 0 Å². The van der Waals surface area contributed by atoms with Crippen LogP contribution < -0.4 is 5.32 Å². The molecule has 104 valence electrons.